The van der Waals surface area contributed by atoms with Crippen LogP contribution in [0.2, 0.25) is 0 Å². The molecule has 2 aromatic rings. The Morgan fingerprint density at radius 3 is 2.97 bits per heavy atom. The minimum Gasteiger partial charge on any atom is -0.351 e. The second-order valence-electron chi connectivity index (χ2n) is 7.19. The molecule has 3 heterocycles. The van der Waals surface area contributed by atoms with Gasteiger partial charge in [0.15, 0.2) is 6.29 Å². The fourth-order valence-electron chi connectivity index (χ4n) is 3.55. The number of carbonyl (C=O) groups excluding carboxylic acids is 2. The van der Waals surface area contributed by atoms with Crippen LogP contribution in [0.15, 0.2) is 42.5 Å². The molecular formula is C19H22FN7O2. The fourth-order valence-corrected chi connectivity index (χ4v) is 3.55. The van der Waals surface area contributed by atoms with Crippen LogP contribution in [0, 0.1) is 5.82 Å². The molecule has 0 spiro atoms. The predicted molar refractivity (Wildman–Crippen MR) is 102 cm³/mol. The van der Waals surface area contributed by atoms with Crippen LogP contribution in [0.4, 0.5) is 4.39 Å². The standard InChI is InChI=1S/C19H22FN7O2/c1-12-9-26-8-7-15(18(29)25(2)19(26)22-12)23-17(28)16-21-11-27(24-16)10-13-5-3-4-6-14(13)20/h3-6,9,11,15,19,22H,7-8,10H2,1-2H3,(H,23,28)/t15-,19?/m1/s1. The summed E-state index contributed by atoms with van der Waals surface area (Å²) in [6.45, 7) is 2.71. The van der Waals surface area contributed by atoms with Crippen LogP contribution in [0.5, 0.6) is 0 Å². The summed E-state index contributed by atoms with van der Waals surface area (Å²) in [7, 11) is 1.70. The molecule has 1 aromatic carbocycles. The van der Waals surface area contributed by atoms with Crippen molar-refractivity contribution in [2.45, 2.75) is 32.2 Å². The Bertz CT molecular complexity index is 973. The number of fused-ring (bicyclic) bond motifs is 1. The molecular weight excluding hydrogens is 377 g/mol. The zero-order valence-electron chi connectivity index (χ0n) is 16.2. The lowest BCUT2D eigenvalue weighted by atomic mass is 10.2. The summed E-state index contributed by atoms with van der Waals surface area (Å²) in [5.41, 5.74) is 1.43. The third-order valence-corrected chi connectivity index (χ3v) is 5.05. The van der Waals surface area contributed by atoms with Gasteiger partial charge in [0.1, 0.15) is 18.2 Å². The summed E-state index contributed by atoms with van der Waals surface area (Å²) in [5.74, 6) is -1.13. The lowest BCUT2D eigenvalue weighted by Crippen LogP contribution is -2.53. The number of rotatable bonds is 4. The molecule has 2 aliphatic heterocycles. The van der Waals surface area contributed by atoms with E-state index >= 15 is 0 Å². The Labute approximate surface area is 167 Å². The van der Waals surface area contributed by atoms with Crippen LogP contribution >= 0.6 is 0 Å². The largest absolute Gasteiger partial charge is 0.351 e. The number of halogens is 1. The Kier molecular flexibility index (Phi) is 4.91. The molecule has 1 fully saturated rings. The first-order valence-corrected chi connectivity index (χ1v) is 9.33. The van der Waals surface area contributed by atoms with E-state index in [1.807, 2.05) is 18.0 Å². The Hall–Kier alpha value is -3.43. The second-order valence-corrected chi connectivity index (χ2v) is 7.19. The number of nitrogens with one attached hydrogen (secondary N) is 2. The smallest absolute Gasteiger partial charge is 0.291 e. The van der Waals surface area contributed by atoms with Gasteiger partial charge < -0.3 is 20.4 Å². The Morgan fingerprint density at radius 2 is 2.17 bits per heavy atom. The van der Waals surface area contributed by atoms with Gasteiger partial charge in [-0.3, -0.25) is 9.59 Å². The van der Waals surface area contributed by atoms with Crippen molar-refractivity contribution >= 4 is 11.8 Å². The molecule has 4 rings (SSSR count). The zero-order chi connectivity index (χ0) is 20.5. The number of benzene rings is 1. The van der Waals surface area contributed by atoms with Crippen molar-refractivity contribution in [2.24, 2.45) is 0 Å². The van der Waals surface area contributed by atoms with E-state index in [9.17, 15) is 14.0 Å². The monoisotopic (exact) mass is 399 g/mol. The van der Waals surface area contributed by atoms with Gasteiger partial charge >= 0.3 is 0 Å². The molecule has 2 aliphatic rings. The molecule has 152 valence electrons. The van der Waals surface area contributed by atoms with Crippen LogP contribution in [0.25, 0.3) is 0 Å². The number of nitrogens with zero attached hydrogens (tertiary/aromatic N) is 5. The van der Waals surface area contributed by atoms with Crippen LogP contribution in [0.3, 0.4) is 0 Å². The van der Waals surface area contributed by atoms with Gasteiger partial charge in [0, 0.05) is 31.1 Å². The molecule has 2 N–H and O–H groups in total. The van der Waals surface area contributed by atoms with Crippen molar-refractivity contribution in [1.29, 1.82) is 0 Å². The van der Waals surface area contributed by atoms with E-state index in [0.717, 1.165) is 5.70 Å². The highest BCUT2D eigenvalue weighted by Gasteiger charge is 2.37. The van der Waals surface area contributed by atoms with Crippen LogP contribution in [0.1, 0.15) is 29.5 Å². The molecule has 0 saturated carbocycles. The first-order chi connectivity index (χ1) is 13.9. The predicted octanol–water partition coefficient (Wildman–Crippen LogP) is 0.476. The van der Waals surface area contributed by atoms with Crippen LogP contribution < -0.4 is 10.6 Å². The zero-order valence-corrected chi connectivity index (χ0v) is 16.2. The Balaban J connectivity index is 1.42. The highest BCUT2D eigenvalue weighted by atomic mass is 19.1. The first-order valence-electron chi connectivity index (χ1n) is 9.33. The van der Waals surface area contributed by atoms with Gasteiger partial charge in [-0.15, -0.1) is 5.10 Å². The molecule has 10 heteroatoms. The minimum atomic E-state index is -0.674. The van der Waals surface area contributed by atoms with Gasteiger partial charge in [-0.25, -0.2) is 14.1 Å². The molecule has 0 radical (unpaired) electrons. The number of allylic oxidation sites excluding steroid dienone is 1. The number of likely N-dealkylation sites (N-methyl/N-ethyl adjacent to an activating group) is 1. The van der Waals surface area contributed by atoms with E-state index in [1.54, 1.807) is 30.1 Å². The molecule has 2 amide bonds. The van der Waals surface area contributed by atoms with Gasteiger partial charge in [-0.1, -0.05) is 18.2 Å². The van der Waals surface area contributed by atoms with Gasteiger partial charge in [-0.2, -0.15) is 0 Å². The van der Waals surface area contributed by atoms with E-state index < -0.39 is 11.9 Å². The molecule has 0 bridgehead atoms. The lowest BCUT2D eigenvalue weighted by molar-refractivity contribution is -0.135. The Morgan fingerprint density at radius 1 is 1.38 bits per heavy atom. The highest BCUT2D eigenvalue weighted by Crippen LogP contribution is 2.19. The minimum absolute atomic E-state index is 0.0598. The van der Waals surface area contributed by atoms with E-state index in [0.29, 0.717) is 18.5 Å². The summed E-state index contributed by atoms with van der Waals surface area (Å²) in [5, 5.41) is 10.1. The normalized spacial score (nSPS) is 21.3. The van der Waals surface area contributed by atoms with Crippen molar-refractivity contribution in [3.8, 4) is 0 Å². The van der Waals surface area contributed by atoms with Crippen molar-refractivity contribution in [3.05, 3.63) is 59.7 Å². The van der Waals surface area contributed by atoms with E-state index in [2.05, 4.69) is 20.7 Å². The highest BCUT2D eigenvalue weighted by molar-refractivity contribution is 5.94. The van der Waals surface area contributed by atoms with Crippen LogP contribution in [-0.4, -0.2) is 62.3 Å². The average Bonchev–Trinajstić information content (AvgIpc) is 3.30. The first kappa shape index (κ1) is 18.9. The van der Waals surface area contributed by atoms with E-state index in [-0.39, 0.29) is 30.4 Å². The van der Waals surface area contributed by atoms with Gasteiger partial charge in [0.25, 0.3) is 5.91 Å². The topological polar surface area (TPSA) is 95.4 Å². The van der Waals surface area contributed by atoms with Crippen molar-refractivity contribution in [1.82, 2.24) is 35.2 Å². The summed E-state index contributed by atoms with van der Waals surface area (Å²) < 4.78 is 15.2. The second kappa shape index (κ2) is 7.53. The van der Waals surface area contributed by atoms with Crippen molar-refractivity contribution in [2.75, 3.05) is 13.6 Å². The molecule has 0 aliphatic carbocycles. The number of amides is 2. The van der Waals surface area contributed by atoms with Gasteiger partial charge in [0.05, 0.1) is 6.54 Å². The molecule has 1 saturated heterocycles. The summed E-state index contributed by atoms with van der Waals surface area (Å²) in [4.78, 5) is 33.0. The average molecular weight is 399 g/mol. The third-order valence-electron chi connectivity index (χ3n) is 5.05. The summed E-state index contributed by atoms with van der Waals surface area (Å²) in [6, 6.07) is 5.68. The lowest BCUT2D eigenvalue weighted by Gasteiger charge is -2.30. The van der Waals surface area contributed by atoms with Crippen molar-refractivity contribution < 1.29 is 14.0 Å². The third kappa shape index (κ3) is 3.78. The summed E-state index contributed by atoms with van der Waals surface area (Å²) >= 11 is 0. The van der Waals surface area contributed by atoms with Gasteiger partial charge in [-0.05, 0) is 19.4 Å². The van der Waals surface area contributed by atoms with Crippen molar-refractivity contribution in [3.63, 3.8) is 0 Å². The summed E-state index contributed by atoms with van der Waals surface area (Å²) in [6.07, 6.45) is 3.55. The molecule has 1 aromatic heterocycles. The number of carbonyl (C=O) groups is 2. The van der Waals surface area contributed by atoms with E-state index in [4.69, 9.17) is 0 Å². The molecule has 9 nitrogen and oxygen atoms in total. The maximum Gasteiger partial charge on any atom is 0.291 e. The van der Waals surface area contributed by atoms with E-state index in [1.165, 1.54) is 17.1 Å². The maximum atomic E-state index is 13.8. The number of hydrogen-bond acceptors (Lipinski definition) is 6. The fraction of sp³-hybridized carbons (Fsp3) is 0.368. The maximum absolute atomic E-state index is 13.8. The molecule has 1 unspecified atom stereocenters. The SMILES string of the molecule is CC1=CN2CC[C@@H](NC(=O)c3ncn(Cc4ccccc4F)n3)C(=O)N(C)C2N1. The van der Waals surface area contributed by atoms with Crippen LogP contribution in [-0.2, 0) is 11.3 Å². The molecule has 2 atom stereocenters. The number of hydrogen-bond donors (Lipinski definition) is 2. The quantitative estimate of drug-likeness (QED) is 0.777. The molecule has 29 heavy (non-hydrogen) atoms. The number of aromatic nitrogens is 3. The van der Waals surface area contributed by atoms with Gasteiger partial charge in [0.2, 0.25) is 11.7 Å².